The number of H-pyrrole nitrogens is 1. The Bertz CT molecular complexity index is 451. The van der Waals surface area contributed by atoms with Crippen molar-refractivity contribution in [3.8, 4) is 0 Å². The molecule has 0 aliphatic rings. The summed E-state index contributed by atoms with van der Waals surface area (Å²) in [7, 11) is 0. The van der Waals surface area contributed by atoms with Gasteiger partial charge in [0.1, 0.15) is 5.82 Å². The molecule has 0 unspecified atom stereocenters. The number of nitrogens with one attached hydrogen (secondary N) is 2. The summed E-state index contributed by atoms with van der Waals surface area (Å²) in [5, 5.41) is 3.33. The Labute approximate surface area is 103 Å². The number of aromatic nitrogens is 2. The second-order valence-electron chi connectivity index (χ2n) is 3.72. The summed E-state index contributed by atoms with van der Waals surface area (Å²) >= 11 is 3.40. The van der Waals surface area contributed by atoms with Crippen molar-refractivity contribution >= 4 is 21.7 Å². The van der Waals surface area contributed by atoms with Gasteiger partial charge in [0.15, 0.2) is 0 Å². The predicted molar refractivity (Wildman–Crippen MR) is 69.7 cm³/mol. The van der Waals surface area contributed by atoms with Crippen molar-refractivity contribution in [2.75, 3.05) is 11.9 Å². The van der Waals surface area contributed by atoms with Gasteiger partial charge in [0.05, 0.1) is 0 Å². The molecule has 0 saturated carbocycles. The fourth-order valence-corrected chi connectivity index (χ4v) is 2.01. The Kier molecular flexibility index (Phi) is 3.62. The molecule has 0 atom stereocenters. The number of hydrogen-bond donors (Lipinski definition) is 2. The van der Waals surface area contributed by atoms with Crippen LogP contribution < -0.4 is 5.32 Å². The summed E-state index contributed by atoms with van der Waals surface area (Å²) in [5.41, 5.74) is 2.46. The first-order valence-corrected chi connectivity index (χ1v) is 6.02. The van der Waals surface area contributed by atoms with E-state index in [9.17, 15) is 0 Å². The lowest BCUT2D eigenvalue weighted by atomic mass is 10.2. The molecule has 0 aliphatic heterocycles. The first-order valence-electron chi connectivity index (χ1n) is 5.23. The summed E-state index contributed by atoms with van der Waals surface area (Å²) < 4.78 is 1.01. The Morgan fingerprint density at radius 3 is 3.06 bits per heavy atom. The van der Waals surface area contributed by atoms with Crippen LogP contribution in [0, 0.1) is 6.92 Å². The maximum atomic E-state index is 4.33. The van der Waals surface area contributed by atoms with Gasteiger partial charge < -0.3 is 10.3 Å². The van der Waals surface area contributed by atoms with Gasteiger partial charge in [-0.05, 0) is 52.5 Å². The highest BCUT2D eigenvalue weighted by molar-refractivity contribution is 9.10. The lowest BCUT2D eigenvalue weighted by Gasteiger charge is -2.07. The molecule has 2 rings (SSSR count). The maximum absolute atomic E-state index is 4.33. The third-order valence-electron chi connectivity index (χ3n) is 2.41. The third kappa shape index (κ3) is 2.85. The van der Waals surface area contributed by atoms with E-state index in [1.54, 1.807) is 0 Å². The Morgan fingerprint density at radius 2 is 2.38 bits per heavy atom. The average molecular weight is 280 g/mol. The van der Waals surface area contributed by atoms with Crippen LogP contribution in [0.25, 0.3) is 0 Å². The number of pyridine rings is 1. The maximum Gasteiger partial charge on any atom is 0.128 e. The molecule has 0 aliphatic carbocycles. The first-order chi connectivity index (χ1) is 7.75. The fourth-order valence-electron chi connectivity index (χ4n) is 1.56. The van der Waals surface area contributed by atoms with Crippen molar-refractivity contribution in [2.24, 2.45) is 0 Å². The van der Waals surface area contributed by atoms with E-state index in [1.165, 1.54) is 5.56 Å². The summed E-state index contributed by atoms with van der Waals surface area (Å²) in [6, 6.07) is 4.15. The molecule has 16 heavy (non-hydrogen) atoms. The number of rotatable bonds is 4. The van der Waals surface area contributed by atoms with Gasteiger partial charge in [0.2, 0.25) is 0 Å². The number of aromatic amines is 1. The molecule has 0 saturated heterocycles. The van der Waals surface area contributed by atoms with Crippen LogP contribution in [0.5, 0.6) is 0 Å². The lowest BCUT2D eigenvalue weighted by molar-refractivity contribution is 1.00. The molecule has 0 spiro atoms. The Morgan fingerprint density at radius 1 is 1.50 bits per heavy atom. The molecule has 2 aromatic heterocycles. The number of anilines is 1. The molecule has 2 heterocycles. The van der Waals surface area contributed by atoms with Gasteiger partial charge in [-0.15, -0.1) is 0 Å². The lowest BCUT2D eigenvalue weighted by Crippen LogP contribution is -2.07. The Balaban J connectivity index is 1.90. The van der Waals surface area contributed by atoms with Gasteiger partial charge in [-0.2, -0.15) is 0 Å². The van der Waals surface area contributed by atoms with Gasteiger partial charge in [-0.25, -0.2) is 4.98 Å². The molecular formula is C12H14BrN3. The molecule has 84 valence electrons. The van der Waals surface area contributed by atoms with Crippen molar-refractivity contribution in [1.82, 2.24) is 9.97 Å². The monoisotopic (exact) mass is 279 g/mol. The van der Waals surface area contributed by atoms with Crippen LogP contribution in [0.1, 0.15) is 11.1 Å². The van der Waals surface area contributed by atoms with E-state index in [0.29, 0.717) is 0 Å². The quantitative estimate of drug-likeness (QED) is 0.903. The first kappa shape index (κ1) is 11.2. The topological polar surface area (TPSA) is 40.7 Å². The normalized spacial score (nSPS) is 10.4. The van der Waals surface area contributed by atoms with Crippen LogP contribution >= 0.6 is 15.9 Å². The predicted octanol–water partition coefficient (Wildman–Crippen LogP) is 3.14. The van der Waals surface area contributed by atoms with Crippen molar-refractivity contribution in [2.45, 2.75) is 13.3 Å². The highest BCUT2D eigenvalue weighted by Crippen LogP contribution is 2.16. The highest BCUT2D eigenvalue weighted by Gasteiger charge is 2.00. The van der Waals surface area contributed by atoms with Crippen LogP contribution in [0.3, 0.4) is 0 Å². The van der Waals surface area contributed by atoms with Gasteiger partial charge in [-0.3, -0.25) is 0 Å². The second kappa shape index (κ2) is 5.16. The molecule has 2 N–H and O–H groups in total. The zero-order chi connectivity index (χ0) is 11.4. The van der Waals surface area contributed by atoms with E-state index in [2.05, 4.69) is 50.3 Å². The van der Waals surface area contributed by atoms with Crippen LogP contribution in [0.15, 0.2) is 35.2 Å². The van der Waals surface area contributed by atoms with E-state index < -0.39 is 0 Å². The van der Waals surface area contributed by atoms with Crippen LogP contribution in [-0.2, 0) is 6.42 Å². The molecule has 0 bridgehead atoms. The van der Waals surface area contributed by atoms with Gasteiger partial charge in [0.25, 0.3) is 0 Å². The molecule has 0 aromatic carbocycles. The zero-order valence-electron chi connectivity index (χ0n) is 9.13. The molecular weight excluding hydrogens is 266 g/mol. The number of aryl methyl sites for hydroxylation is 1. The number of nitrogens with zero attached hydrogens (tertiary/aromatic N) is 1. The number of halogens is 1. The molecule has 0 amide bonds. The Hall–Kier alpha value is -1.29. The largest absolute Gasteiger partial charge is 0.370 e. The smallest absolute Gasteiger partial charge is 0.128 e. The third-order valence-corrected chi connectivity index (χ3v) is 2.85. The van der Waals surface area contributed by atoms with E-state index in [-0.39, 0.29) is 0 Å². The molecule has 3 nitrogen and oxygen atoms in total. The van der Waals surface area contributed by atoms with Crippen LogP contribution in [-0.4, -0.2) is 16.5 Å². The fraction of sp³-hybridized carbons (Fsp3) is 0.250. The highest BCUT2D eigenvalue weighted by atomic mass is 79.9. The average Bonchev–Trinajstić information content (AvgIpc) is 2.74. The van der Waals surface area contributed by atoms with E-state index in [4.69, 9.17) is 0 Å². The SMILES string of the molecule is Cc1cc(Br)cnc1NCCc1cc[nH]c1. The van der Waals surface area contributed by atoms with Crippen molar-refractivity contribution in [1.29, 1.82) is 0 Å². The molecule has 4 heteroatoms. The van der Waals surface area contributed by atoms with Gasteiger partial charge in [0, 0.05) is 29.6 Å². The van der Waals surface area contributed by atoms with Crippen molar-refractivity contribution in [3.05, 3.63) is 46.3 Å². The van der Waals surface area contributed by atoms with Gasteiger partial charge in [-0.1, -0.05) is 0 Å². The summed E-state index contributed by atoms with van der Waals surface area (Å²) in [6.45, 7) is 2.95. The molecule has 2 aromatic rings. The van der Waals surface area contributed by atoms with Crippen molar-refractivity contribution in [3.63, 3.8) is 0 Å². The van der Waals surface area contributed by atoms with Crippen molar-refractivity contribution < 1.29 is 0 Å². The minimum Gasteiger partial charge on any atom is -0.370 e. The van der Waals surface area contributed by atoms with E-state index in [1.807, 2.05) is 18.6 Å². The van der Waals surface area contributed by atoms with E-state index in [0.717, 1.165) is 28.8 Å². The minimum absolute atomic E-state index is 0.896. The minimum atomic E-state index is 0.896. The number of hydrogen-bond acceptors (Lipinski definition) is 2. The molecule has 0 radical (unpaired) electrons. The second-order valence-corrected chi connectivity index (χ2v) is 4.63. The van der Waals surface area contributed by atoms with E-state index >= 15 is 0 Å². The van der Waals surface area contributed by atoms with Crippen LogP contribution in [0.4, 0.5) is 5.82 Å². The summed E-state index contributed by atoms with van der Waals surface area (Å²) in [4.78, 5) is 7.38. The molecule has 0 fully saturated rings. The standard InChI is InChI=1S/C12H14BrN3/c1-9-6-11(13)8-16-12(9)15-5-3-10-2-4-14-7-10/h2,4,6-8,14H,3,5H2,1H3,(H,15,16). The van der Waals surface area contributed by atoms with Gasteiger partial charge >= 0.3 is 0 Å². The zero-order valence-corrected chi connectivity index (χ0v) is 10.7. The van der Waals surface area contributed by atoms with Crippen LogP contribution in [0.2, 0.25) is 0 Å². The summed E-state index contributed by atoms with van der Waals surface area (Å²) in [5.74, 6) is 0.957. The summed E-state index contributed by atoms with van der Waals surface area (Å²) in [6.07, 6.45) is 6.77.